The number of halogens is 1. The van der Waals surface area contributed by atoms with E-state index in [0.717, 1.165) is 0 Å². The van der Waals surface area contributed by atoms with Crippen LogP contribution in [0.25, 0.3) is 0 Å². The Morgan fingerprint density at radius 2 is 1.46 bits per heavy atom. The zero-order valence-corrected chi connectivity index (χ0v) is 11.0. The molecule has 0 saturated carbocycles. The molecule has 1 rings (SSSR count). The van der Waals surface area contributed by atoms with Gasteiger partial charge in [0.25, 0.3) is 0 Å². The lowest BCUT2D eigenvalue weighted by Gasteiger charge is -2.15. The Morgan fingerprint density at radius 3 is 1.69 bits per heavy atom. The summed E-state index contributed by atoms with van der Waals surface area (Å²) in [7, 11) is 0. The number of hydrogen-bond acceptors (Lipinski definition) is 0. The molecular formula is C12H19Br. The molecule has 0 amide bonds. The number of allylic oxidation sites excluding steroid dienone is 4. The molecule has 0 atom stereocenters. The first-order valence-electron chi connectivity index (χ1n) is 4.77. The van der Waals surface area contributed by atoms with Gasteiger partial charge in [-0.15, -0.1) is 0 Å². The summed E-state index contributed by atoms with van der Waals surface area (Å²) < 4.78 is 1.33. The van der Waals surface area contributed by atoms with Crippen molar-refractivity contribution in [3.63, 3.8) is 0 Å². The number of rotatable bonds is 0. The second-order valence-electron chi connectivity index (χ2n) is 5.86. The van der Waals surface area contributed by atoms with Crippen LogP contribution < -0.4 is 0 Å². The van der Waals surface area contributed by atoms with Crippen molar-refractivity contribution < 1.29 is 0 Å². The molecule has 0 aromatic carbocycles. The zero-order valence-electron chi connectivity index (χ0n) is 9.46. The lowest BCUT2D eigenvalue weighted by atomic mass is 9.89. The van der Waals surface area contributed by atoms with Gasteiger partial charge in [-0.3, -0.25) is 0 Å². The molecule has 0 nitrogen and oxygen atoms in total. The van der Waals surface area contributed by atoms with E-state index < -0.39 is 0 Å². The summed E-state index contributed by atoms with van der Waals surface area (Å²) in [6.07, 6.45) is 2.34. The summed E-state index contributed by atoms with van der Waals surface area (Å²) in [5.74, 6) is 0. The van der Waals surface area contributed by atoms with Crippen molar-refractivity contribution in [3.05, 3.63) is 21.7 Å². The van der Waals surface area contributed by atoms with Crippen LogP contribution in [0.1, 0.15) is 41.5 Å². The lowest BCUT2D eigenvalue weighted by Crippen LogP contribution is -2.04. The van der Waals surface area contributed by atoms with Gasteiger partial charge in [0.1, 0.15) is 0 Å². The molecule has 0 spiro atoms. The number of hydrogen-bond donors (Lipinski definition) is 0. The van der Waals surface area contributed by atoms with Crippen LogP contribution in [0.3, 0.4) is 0 Å². The lowest BCUT2D eigenvalue weighted by molar-refractivity contribution is 0.520. The molecule has 74 valence electrons. The van der Waals surface area contributed by atoms with E-state index in [-0.39, 0.29) is 10.8 Å². The summed E-state index contributed by atoms with van der Waals surface area (Å²) in [5.41, 5.74) is 3.49. The molecule has 0 aromatic heterocycles. The third-order valence-electron chi connectivity index (χ3n) is 1.99. The van der Waals surface area contributed by atoms with E-state index in [9.17, 15) is 0 Å². The van der Waals surface area contributed by atoms with Gasteiger partial charge < -0.3 is 0 Å². The Morgan fingerprint density at radius 1 is 1.00 bits per heavy atom. The van der Waals surface area contributed by atoms with Gasteiger partial charge in [-0.25, -0.2) is 0 Å². The van der Waals surface area contributed by atoms with Crippen molar-refractivity contribution in [2.75, 3.05) is 0 Å². The molecule has 0 heterocycles. The highest BCUT2D eigenvalue weighted by atomic mass is 79.9. The van der Waals surface area contributed by atoms with Crippen LogP contribution in [0.15, 0.2) is 21.7 Å². The Kier molecular flexibility index (Phi) is 2.53. The summed E-state index contributed by atoms with van der Waals surface area (Å²) in [4.78, 5) is 0. The molecule has 0 unspecified atom stereocenters. The molecule has 1 aliphatic carbocycles. The maximum absolute atomic E-state index is 3.61. The highest BCUT2D eigenvalue weighted by Crippen LogP contribution is 2.53. The zero-order chi connectivity index (χ0) is 10.4. The van der Waals surface area contributed by atoms with Gasteiger partial charge in [-0.1, -0.05) is 47.6 Å². The third-order valence-corrected chi connectivity index (χ3v) is 2.81. The Hall–Kier alpha value is -0.0400. The van der Waals surface area contributed by atoms with Gasteiger partial charge in [-0.2, -0.15) is 0 Å². The topological polar surface area (TPSA) is 0 Å². The summed E-state index contributed by atoms with van der Waals surface area (Å²) in [6, 6.07) is 0. The van der Waals surface area contributed by atoms with Gasteiger partial charge in [0, 0.05) is 4.48 Å². The molecule has 0 saturated heterocycles. The largest absolute Gasteiger partial charge is 0.0704 e. The maximum atomic E-state index is 3.61. The molecule has 0 radical (unpaired) electrons. The predicted molar refractivity (Wildman–Crippen MR) is 62.9 cm³/mol. The summed E-state index contributed by atoms with van der Waals surface area (Å²) >= 11 is 3.61. The van der Waals surface area contributed by atoms with Crippen LogP contribution in [0.2, 0.25) is 0 Å². The second kappa shape index (κ2) is 2.98. The average Bonchev–Trinajstić information content (AvgIpc) is 2.34. The van der Waals surface area contributed by atoms with Crippen LogP contribution in [0.5, 0.6) is 0 Å². The SMILES string of the molecule is CC(C)(C)/C=C1C(Br)=C/1C(C)(C)C. The van der Waals surface area contributed by atoms with Crippen LogP contribution in [-0.2, 0) is 0 Å². The van der Waals surface area contributed by atoms with E-state index in [2.05, 4.69) is 63.5 Å². The van der Waals surface area contributed by atoms with E-state index in [1.165, 1.54) is 15.6 Å². The fourth-order valence-corrected chi connectivity index (χ4v) is 2.50. The second-order valence-corrected chi connectivity index (χ2v) is 6.66. The molecule has 0 bridgehead atoms. The standard InChI is InChI=1S/C12H19Br/c1-11(2,3)7-8-9(10(8)13)12(4,5)6/h7H,1-6H3/b8-7+. The van der Waals surface area contributed by atoms with Crippen molar-refractivity contribution >= 4 is 15.9 Å². The summed E-state index contributed by atoms with van der Waals surface area (Å²) in [5, 5.41) is 0. The van der Waals surface area contributed by atoms with E-state index in [4.69, 9.17) is 0 Å². The van der Waals surface area contributed by atoms with Gasteiger partial charge >= 0.3 is 0 Å². The first-order chi connectivity index (χ1) is 5.63. The highest BCUT2D eigenvalue weighted by Gasteiger charge is 2.36. The Balaban J connectivity index is 2.82. The quantitative estimate of drug-likeness (QED) is 0.580. The Labute approximate surface area is 90.2 Å². The minimum absolute atomic E-state index is 0.279. The maximum Gasteiger partial charge on any atom is 0.0291 e. The van der Waals surface area contributed by atoms with Crippen molar-refractivity contribution in [2.45, 2.75) is 41.5 Å². The van der Waals surface area contributed by atoms with E-state index in [1.807, 2.05) is 0 Å². The van der Waals surface area contributed by atoms with Gasteiger partial charge in [0.2, 0.25) is 0 Å². The fourth-order valence-electron chi connectivity index (χ4n) is 1.48. The minimum Gasteiger partial charge on any atom is -0.0704 e. The van der Waals surface area contributed by atoms with Gasteiger partial charge in [-0.05, 0) is 37.9 Å². The van der Waals surface area contributed by atoms with Gasteiger partial charge in [0.15, 0.2) is 0 Å². The van der Waals surface area contributed by atoms with Crippen molar-refractivity contribution in [3.8, 4) is 0 Å². The van der Waals surface area contributed by atoms with E-state index >= 15 is 0 Å². The fraction of sp³-hybridized carbons (Fsp3) is 0.667. The Bertz CT molecular complexity index is 279. The van der Waals surface area contributed by atoms with Crippen molar-refractivity contribution in [1.29, 1.82) is 0 Å². The first-order valence-corrected chi connectivity index (χ1v) is 5.56. The smallest absolute Gasteiger partial charge is 0.0291 e. The molecule has 0 fully saturated rings. The van der Waals surface area contributed by atoms with E-state index in [0.29, 0.717) is 0 Å². The average molecular weight is 243 g/mol. The molecule has 13 heavy (non-hydrogen) atoms. The molecule has 0 N–H and O–H groups in total. The molecule has 0 aliphatic heterocycles. The van der Waals surface area contributed by atoms with Crippen LogP contribution in [-0.4, -0.2) is 0 Å². The van der Waals surface area contributed by atoms with Crippen molar-refractivity contribution in [2.24, 2.45) is 10.8 Å². The van der Waals surface area contributed by atoms with Gasteiger partial charge in [0.05, 0.1) is 0 Å². The molecular weight excluding hydrogens is 224 g/mol. The van der Waals surface area contributed by atoms with Crippen LogP contribution in [0.4, 0.5) is 0 Å². The molecule has 1 aliphatic rings. The van der Waals surface area contributed by atoms with E-state index in [1.54, 1.807) is 0 Å². The first kappa shape index (κ1) is 11.0. The molecule has 0 aromatic rings. The molecule has 1 heteroatoms. The minimum atomic E-state index is 0.279. The van der Waals surface area contributed by atoms with Crippen LogP contribution >= 0.6 is 15.9 Å². The normalized spacial score (nSPS) is 21.3. The predicted octanol–water partition coefficient (Wildman–Crippen LogP) is 4.67. The summed E-state index contributed by atoms with van der Waals surface area (Å²) in [6.45, 7) is 13.5. The monoisotopic (exact) mass is 242 g/mol. The third kappa shape index (κ3) is 2.70. The van der Waals surface area contributed by atoms with Crippen molar-refractivity contribution in [1.82, 2.24) is 0 Å². The highest BCUT2D eigenvalue weighted by molar-refractivity contribution is 9.12. The van der Waals surface area contributed by atoms with Crippen LogP contribution in [0, 0.1) is 10.8 Å².